The zero-order valence-corrected chi connectivity index (χ0v) is 11.0. The number of hydrogen-bond acceptors (Lipinski definition) is 3. The molecule has 1 saturated heterocycles. The Morgan fingerprint density at radius 2 is 2.07 bits per heavy atom. The zero-order chi connectivity index (χ0) is 11.5. The van der Waals surface area contributed by atoms with E-state index < -0.39 is 0 Å². The summed E-state index contributed by atoms with van der Waals surface area (Å²) in [4.78, 5) is 4.83. The highest BCUT2D eigenvalue weighted by Crippen LogP contribution is 2.19. The maximum absolute atomic E-state index is 3.68. The maximum Gasteiger partial charge on any atom is 0.0322 e. The van der Waals surface area contributed by atoms with Gasteiger partial charge in [0.15, 0.2) is 0 Å². The first-order chi connectivity index (χ1) is 6.93. The first kappa shape index (κ1) is 12.9. The Bertz CT molecular complexity index is 189. The Morgan fingerprint density at radius 1 is 1.40 bits per heavy atom. The van der Waals surface area contributed by atoms with Crippen LogP contribution in [0.5, 0.6) is 0 Å². The van der Waals surface area contributed by atoms with Crippen molar-refractivity contribution in [2.75, 3.05) is 46.8 Å². The van der Waals surface area contributed by atoms with E-state index in [1.807, 2.05) is 0 Å². The minimum Gasteiger partial charge on any atom is -0.311 e. The third-order valence-corrected chi connectivity index (χ3v) is 3.03. The smallest absolute Gasteiger partial charge is 0.0322 e. The van der Waals surface area contributed by atoms with Crippen molar-refractivity contribution in [2.45, 2.75) is 26.8 Å². The van der Waals surface area contributed by atoms with E-state index in [1.54, 1.807) is 0 Å². The van der Waals surface area contributed by atoms with E-state index in [4.69, 9.17) is 0 Å². The molecule has 0 amide bonds. The summed E-state index contributed by atoms with van der Waals surface area (Å²) >= 11 is 0. The fraction of sp³-hybridized carbons (Fsp3) is 1.00. The molecule has 0 spiro atoms. The molecule has 0 aromatic carbocycles. The first-order valence-corrected chi connectivity index (χ1v) is 6.03. The molecule has 0 saturated carbocycles. The average Bonchev–Trinajstić information content (AvgIpc) is 2.24. The summed E-state index contributed by atoms with van der Waals surface area (Å²) in [5.74, 6) is 0. The Labute approximate surface area is 94.8 Å². The van der Waals surface area contributed by atoms with Gasteiger partial charge in [0, 0.05) is 32.2 Å². The van der Waals surface area contributed by atoms with Gasteiger partial charge in [0.25, 0.3) is 0 Å². The number of likely N-dealkylation sites (N-methyl/N-ethyl adjacent to an activating group) is 2. The van der Waals surface area contributed by atoms with Crippen molar-refractivity contribution in [3.05, 3.63) is 0 Å². The van der Waals surface area contributed by atoms with E-state index in [0.717, 1.165) is 19.6 Å². The number of nitrogens with zero attached hydrogens (tertiary/aromatic N) is 2. The molecule has 1 heterocycles. The molecule has 0 aliphatic carbocycles. The van der Waals surface area contributed by atoms with Gasteiger partial charge in [-0.05, 0) is 26.1 Å². The quantitative estimate of drug-likeness (QED) is 0.750. The van der Waals surface area contributed by atoms with Gasteiger partial charge in [-0.3, -0.25) is 0 Å². The van der Waals surface area contributed by atoms with Crippen LogP contribution in [0.15, 0.2) is 0 Å². The van der Waals surface area contributed by atoms with Crippen LogP contribution in [0.4, 0.5) is 0 Å². The molecule has 0 radical (unpaired) electrons. The molecule has 0 aromatic rings. The largest absolute Gasteiger partial charge is 0.311 e. The lowest BCUT2D eigenvalue weighted by Crippen LogP contribution is -2.44. The summed E-state index contributed by atoms with van der Waals surface area (Å²) in [5, 5.41) is 3.68. The highest BCUT2D eigenvalue weighted by atomic mass is 15.2. The van der Waals surface area contributed by atoms with Gasteiger partial charge in [0.2, 0.25) is 0 Å². The average molecular weight is 213 g/mol. The van der Waals surface area contributed by atoms with Crippen molar-refractivity contribution in [1.82, 2.24) is 15.1 Å². The van der Waals surface area contributed by atoms with Crippen LogP contribution in [0, 0.1) is 5.41 Å². The summed E-state index contributed by atoms with van der Waals surface area (Å²) < 4.78 is 0. The lowest BCUT2D eigenvalue weighted by atomic mass is 9.93. The zero-order valence-electron chi connectivity index (χ0n) is 11.0. The number of rotatable bonds is 3. The van der Waals surface area contributed by atoms with Crippen LogP contribution in [0.2, 0.25) is 0 Å². The lowest BCUT2D eigenvalue weighted by Gasteiger charge is -2.28. The molecule has 3 nitrogen and oxygen atoms in total. The second-order valence-electron chi connectivity index (χ2n) is 5.83. The van der Waals surface area contributed by atoms with Gasteiger partial charge < -0.3 is 15.1 Å². The first-order valence-electron chi connectivity index (χ1n) is 6.03. The van der Waals surface area contributed by atoms with Gasteiger partial charge in [-0.15, -0.1) is 0 Å². The van der Waals surface area contributed by atoms with Gasteiger partial charge in [-0.1, -0.05) is 20.8 Å². The van der Waals surface area contributed by atoms with Crippen LogP contribution >= 0.6 is 0 Å². The molecule has 1 fully saturated rings. The molecule has 0 bridgehead atoms. The molecular formula is C12H27N3. The molecule has 1 N–H and O–H groups in total. The van der Waals surface area contributed by atoms with E-state index in [0.29, 0.717) is 11.5 Å². The van der Waals surface area contributed by atoms with E-state index in [1.165, 1.54) is 13.1 Å². The molecule has 1 rings (SSSR count). The lowest BCUT2D eigenvalue weighted by molar-refractivity contribution is 0.205. The minimum atomic E-state index is 0.400. The van der Waals surface area contributed by atoms with E-state index in [2.05, 4.69) is 50.0 Å². The topological polar surface area (TPSA) is 18.5 Å². The Kier molecular flexibility index (Phi) is 4.56. The highest BCUT2D eigenvalue weighted by Gasteiger charge is 2.27. The Hall–Kier alpha value is -0.120. The monoisotopic (exact) mass is 213 g/mol. The van der Waals surface area contributed by atoms with E-state index in [9.17, 15) is 0 Å². The number of hydrogen-bond donors (Lipinski definition) is 1. The number of nitrogens with one attached hydrogen (secondary N) is 1. The van der Waals surface area contributed by atoms with Crippen LogP contribution in [0.3, 0.4) is 0 Å². The van der Waals surface area contributed by atoms with Crippen LogP contribution in [0.25, 0.3) is 0 Å². The summed E-state index contributed by atoms with van der Waals surface area (Å²) in [6.45, 7) is 12.8. The third kappa shape index (κ3) is 4.49. The van der Waals surface area contributed by atoms with Gasteiger partial charge in [-0.2, -0.15) is 0 Å². The summed E-state index contributed by atoms with van der Waals surface area (Å²) in [6, 6.07) is 0.613. The van der Waals surface area contributed by atoms with Gasteiger partial charge in [0.05, 0.1) is 0 Å². The molecule has 0 aromatic heterocycles. The van der Waals surface area contributed by atoms with Crippen LogP contribution in [-0.4, -0.2) is 62.7 Å². The third-order valence-electron chi connectivity index (χ3n) is 3.03. The van der Waals surface area contributed by atoms with Crippen molar-refractivity contribution in [3.8, 4) is 0 Å². The summed E-state index contributed by atoms with van der Waals surface area (Å²) in [6.07, 6.45) is 0. The molecule has 1 atom stereocenters. The van der Waals surface area contributed by atoms with Gasteiger partial charge in [0.1, 0.15) is 0 Å². The molecule has 90 valence electrons. The molecule has 1 aliphatic heterocycles. The Morgan fingerprint density at radius 3 is 2.60 bits per heavy atom. The fourth-order valence-electron chi connectivity index (χ4n) is 2.33. The summed E-state index contributed by atoms with van der Waals surface area (Å²) in [7, 11) is 4.29. The second-order valence-corrected chi connectivity index (χ2v) is 5.83. The predicted molar refractivity (Wildman–Crippen MR) is 66.2 cm³/mol. The van der Waals surface area contributed by atoms with Crippen LogP contribution in [-0.2, 0) is 0 Å². The van der Waals surface area contributed by atoms with E-state index in [-0.39, 0.29) is 0 Å². The Balaban J connectivity index is 2.55. The molecular weight excluding hydrogens is 186 g/mol. The highest BCUT2D eigenvalue weighted by molar-refractivity contribution is 4.86. The van der Waals surface area contributed by atoms with Gasteiger partial charge >= 0.3 is 0 Å². The van der Waals surface area contributed by atoms with Crippen molar-refractivity contribution in [2.24, 2.45) is 5.41 Å². The normalized spacial score (nSPS) is 28.0. The maximum atomic E-state index is 3.68. The molecule has 1 aliphatic rings. The molecule has 3 heteroatoms. The fourth-order valence-corrected chi connectivity index (χ4v) is 2.33. The minimum absolute atomic E-state index is 0.400. The standard InChI is InChI=1S/C12H27N3/c1-6-15-8-11(7-14(4)5)13-9-12(2,3)10-15/h11,13H,6-10H2,1-5H3. The van der Waals surface area contributed by atoms with Crippen LogP contribution in [0.1, 0.15) is 20.8 Å². The van der Waals surface area contributed by atoms with Gasteiger partial charge in [-0.25, -0.2) is 0 Å². The predicted octanol–water partition coefficient (Wildman–Crippen LogP) is 0.868. The van der Waals surface area contributed by atoms with Crippen molar-refractivity contribution >= 4 is 0 Å². The van der Waals surface area contributed by atoms with Crippen molar-refractivity contribution in [1.29, 1.82) is 0 Å². The van der Waals surface area contributed by atoms with Crippen molar-refractivity contribution in [3.63, 3.8) is 0 Å². The van der Waals surface area contributed by atoms with Crippen molar-refractivity contribution < 1.29 is 0 Å². The molecule has 1 unspecified atom stereocenters. The SMILES string of the molecule is CCN1CC(CN(C)C)NCC(C)(C)C1. The van der Waals surface area contributed by atoms with Crippen LogP contribution < -0.4 is 5.32 Å². The second kappa shape index (κ2) is 5.28. The summed E-state index contributed by atoms with van der Waals surface area (Å²) in [5.41, 5.74) is 0.400. The molecule has 15 heavy (non-hydrogen) atoms. The van der Waals surface area contributed by atoms with E-state index >= 15 is 0 Å².